The minimum Gasteiger partial charge on any atom is -0.466 e. The van der Waals surface area contributed by atoms with Gasteiger partial charge in [-0.1, -0.05) is 23.2 Å². The van der Waals surface area contributed by atoms with Crippen LogP contribution < -0.4 is 4.80 Å². The lowest BCUT2D eigenvalue weighted by Gasteiger charge is -2.13. The zero-order valence-corrected chi connectivity index (χ0v) is 14.8. The molecule has 0 aliphatic carbocycles. The summed E-state index contributed by atoms with van der Waals surface area (Å²) < 4.78 is 6.90. The number of aromatic nitrogens is 1. The van der Waals surface area contributed by atoms with Crippen molar-refractivity contribution >= 4 is 46.2 Å². The molecule has 1 unspecified atom stereocenters. The first-order chi connectivity index (χ1) is 10.4. The summed E-state index contributed by atoms with van der Waals surface area (Å²) in [5, 5.41) is 2.75. The van der Waals surface area contributed by atoms with Crippen LogP contribution in [0.15, 0.2) is 28.7 Å². The number of hydrogen-bond acceptors (Lipinski definition) is 4. The van der Waals surface area contributed by atoms with Crippen molar-refractivity contribution in [3.63, 3.8) is 0 Å². The fourth-order valence-electron chi connectivity index (χ4n) is 1.88. The van der Waals surface area contributed by atoms with E-state index in [9.17, 15) is 4.79 Å². The molecule has 0 saturated carbocycles. The number of nitrogens with zero attached hydrogens (tertiary/aromatic N) is 2. The van der Waals surface area contributed by atoms with Crippen LogP contribution in [0.25, 0.3) is 0 Å². The number of rotatable bonds is 4. The number of halogens is 2. The normalized spacial score (nSPS) is 13.2. The van der Waals surface area contributed by atoms with Crippen LogP contribution in [0.2, 0.25) is 10.0 Å². The van der Waals surface area contributed by atoms with Gasteiger partial charge in [-0.25, -0.2) is 4.99 Å². The monoisotopic (exact) mass is 358 g/mol. The zero-order valence-electron chi connectivity index (χ0n) is 12.5. The standard InChI is InChI=1S/C15H16Cl2N2O2S/c1-4-21-14(20)9(2)10-7-11(16)13(12(17)8-10)18-15-19(3)5-6-22-15/h5-9H,4H2,1-3H3. The summed E-state index contributed by atoms with van der Waals surface area (Å²) in [6.07, 6.45) is 1.91. The molecular weight excluding hydrogens is 343 g/mol. The van der Waals surface area contributed by atoms with Crippen LogP contribution in [0.3, 0.4) is 0 Å². The van der Waals surface area contributed by atoms with Gasteiger partial charge in [-0.15, -0.1) is 11.3 Å². The summed E-state index contributed by atoms with van der Waals surface area (Å²) in [5.41, 5.74) is 1.21. The lowest BCUT2D eigenvalue weighted by atomic mass is 10.0. The van der Waals surface area contributed by atoms with E-state index >= 15 is 0 Å². The number of hydrogen-bond donors (Lipinski definition) is 0. The summed E-state index contributed by atoms with van der Waals surface area (Å²) in [7, 11) is 1.90. The molecule has 7 heteroatoms. The second-order valence-electron chi connectivity index (χ2n) is 4.72. The van der Waals surface area contributed by atoms with Gasteiger partial charge in [-0.05, 0) is 31.5 Å². The van der Waals surface area contributed by atoms with Crippen LogP contribution in [-0.4, -0.2) is 17.1 Å². The Kier molecular flexibility index (Phi) is 5.67. The Morgan fingerprint density at radius 2 is 2.05 bits per heavy atom. The number of benzene rings is 1. The molecule has 22 heavy (non-hydrogen) atoms. The minimum atomic E-state index is -0.429. The highest BCUT2D eigenvalue weighted by molar-refractivity contribution is 7.07. The molecule has 1 atom stereocenters. The number of ether oxygens (including phenoxy) is 1. The predicted molar refractivity (Wildman–Crippen MR) is 90.0 cm³/mol. The second kappa shape index (κ2) is 7.31. The Hall–Kier alpha value is -1.30. The van der Waals surface area contributed by atoms with Crippen molar-refractivity contribution in [2.24, 2.45) is 12.0 Å². The van der Waals surface area contributed by atoms with Crippen LogP contribution >= 0.6 is 34.5 Å². The van der Waals surface area contributed by atoms with Crippen molar-refractivity contribution in [2.45, 2.75) is 19.8 Å². The van der Waals surface area contributed by atoms with Crippen LogP contribution in [-0.2, 0) is 16.6 Å². The molecule has 0 aliphatic rings. The Labute approximate surface area is 143 Å². The number of carbonyl (C=O) groups excluding carboxylic acids is 1. The highest BCUT2D eigenvalue weighted by Crippen LogP contribution is 2.36. The van der Waals surface area contributed by atoms with E-state index in [4.69, 9.17) is 27.9 Å². The van der Waals surface area contributed by atoms with Gasteiger partial charge in [-0.2, -0.15) is 0 Å². The van der Waals surface area contributed by atoms with Crippen molar-refractivity contribution in [3.8, 4) is 0 Å². The van der Waals surface area contributed by atoms with Crippen molar-refractivity contribution < 1.29 is 9.53 Å². The van der Waals surface area contributed by atoms with Gasteiger partial charge in [0, 0.05) is 18.6 Å². The van der Waals surface area contributed by atoms with Gasteiger partial charge in [-0.3, -0.25) is 4.79 Å². The van der Waals surface area contributed by atoms with E-state index in [-0.39, 0.29) is 5.97 Å². The van der Waals surface area contributed by atoms with Crippen LogP contribution in [0, 0.1) is 0 Å². The number of aryl methyl sites for hydroxylation is 1. The third kappa shape index (κ3) is 3.72. The molecule has 0 bridgehead atoms. The van der Waals surface area contributed by atoms with Gasteiger partial charge < -0.3 is 9.30 Å². The molecule has 2 aromatic rings. The maximum atomic E-state index is 11.8. The van der Waals surface area contributed by atoms with E-state index in [1.165, 1.54) is 11.3 Å². The molecule has 4 nitrogen and oxygen atoms in total. The molecule has 0 spiro atoms. The number of esters is 1. The molecule has 0 N–H and O–H groups in total. The van der Waals surface area contributed by atoms with Crippen molar-refractivity contribution in [1.29, 1.82) is 0 Å². The van der Waals surface area contributed by atoms with E-state index in [2.05, 4.69) is 4.99 Å². The van der Waals surface area contributed by atoms with E-state index in [1.54, 1.807) is 26.0 Å². The Bertz CT molecular complexity index is 729. The number of thiazole rings is 1. The van der Waals surface area contributed by atoms with Gasteiger partial charge in [0.2, 0.25) is 0 Å². The third-order valence-electron chi connectivity index (χ3n) is 3.15. The molecule has 0 saturated heterocycles. The van der Waals surface area contributed by atoms with Crippen molar-refractivity contribution in [1.82, 2.24) is 4.57 Å². The fourth-order valence-corrected chi connectivity index (χ4v) is 3.20. The summed E-state index contributed by atoms with van der Waals surface area (Å²) in [5.74, 6) is -0.731. The highest BCUT2D eigenvalue weighted by atomic mass is 35.5. The van der Waals surface area contributed by atoms with Crippen LogP contribution in [0.4, 0.5) is 5.69 Å². The SMILES string of the molecule is CCOC(=O)C(C)c1cc(Cl)c(N=c2sccn2C)c(Cl)c1. The van der Waals surface area contributed by atoms with E-state index in [1.807, 2.05) is 23.2 Å². The van der Waals surface area contributed by atoms with Crippen molar-refractivity contribution in [3.05, 3.63) is 44.1 Å². The first-order valence-electron chi connectivity index (χ1n) is 6.74. The van der Waals surface area contributed by atoms with Crippen LogP contribution in [0.5, 0.6) is 0 Å². The van der Waals surface area contributed by atoms with Gasteiger partial charge in [0.05, 0.1) is 22.6 Å². The predicted octanol–water partition coefficient (Wildman–Crippen LogP) is 4.29. The third-order valence-corrected chi connectivity index (χ3v) is 4.57. The summed E-state index contributed by atoms with van der Waals surface area (Å²) >= 11 is 14.1. The van der Waals surface area contributed by atoms with Crippen LogP contribution in [0.1, 0.15) is 25.3 Å². The Balaban J connectivity index is 2.42. The highest BCUT2D eigenvalue weighted by Gasteiger charge is 2.19. The maximum absolute atomic E-state index is 11.8. The quantitative estimate of drug-likeness (QED) is 0.765. The van der Waals surface area contributed by atoms with Gasteiger partial charge in [0.1, 0.15) is 5.69 Å². The molecule has 1 heterocycles. The molecule has 0 fully saturated rings. The second-order valence-corrected chi connectivity index (χ2v) is 6.40. The minimum absolute atomic E-state index is 0.302. The van der Waals surface area contributed by atoms with E-state index in [0.29, 0.717) is 27.9 Å². The molecule has 1 aromatic carbocycles. The average molecular weight is 359 g/mol. The summed E-state index contributed by atoms with van der Waals surface area (Å²) in [4.78, 5) is 17.1. The zero-order chi connectivity index (χ0) is 16.3. The summed E-state index contributed by atoms with van der Waals surface area (Å²) in [6, 6.07) is 3.42. The largest absolute Gasteiger partial charge is 0.466 e. The van der Waals surface area contributed by atoms with E-state index < -0.39 is 5.92 Å². The van der Waals surface area contributed by atoms with Gasteiger partial charge in [0.15, 0.2) is 4.80 Å². The van der Waals surface area contributed by atoms with E-state index in [0.717, 1.165) is 4.80 Å². The molecule has 0 aliphatic heterocycles. The topological polar surface area (TPSA) is 43.6 Å². The molecule has 2 rings (SSSR count). The van der Waals surface area contributed by atoms with Gasteiger partial charge in [0.25, 0.3) is 0 Å². The maximum Gasteiger partial charge on any atom is 0.313 e. The molecule has 1 aromatic heterocycles. The molecular formula is C15H16Cl2N2O2S. The molecule has 0 amide bonds. The van der Waals surface area contributed by atoms with Crippen molar-refractivity contribution in [2.75, 3.05) is 6.61 Å². The number of carbonyl (C=O) groups is 1. The molecule has 0 radical (unpaired) electrons. The average Bonchev–Trinajstić information content (AvgIpc) is 2.87. The molecule has 118 valence electrons. The smallest absolute Gasteiger partial charge is 0.313 e. The summed E-state index contributed by atoms with van der Waals surface area (Å²) in [6.45, 7) is 3.87. The lowest BCUT2D eigenvalue weighted by Crippen LogP contribution is -2.13. The van der Waals surface area contributed by atoms with Gasteiger partial charge >= 0.3 is 5.97 Å². The fraction of sp³-hybridized carbons (Fsp3) is 0.333. The Morgan fingerprint density at radius 3 is 2.55 bits per heavy atom. The Morgan fingerprint density at radius 1 is 1.41 bits per heavy atom. The lowest BCUT2D eigenvalue weighted by molar-refractivity contribution is -0.144. The first-order valence-corrected chi connectivity index (χ1v) is 8.38. The first kappa shape index (κ1) is 17.1.